The van der Waals surface area contributed by atoms with Crippen LogP contribution in [0.25, 0.3) is 10.2 Å². The maximum Gasteiger partial charge on any atom is 0.289 e. The van der Waals surface area contributed by atoms with E-state index in [-0.39, 0.29) is 5.56 Å². The Morgan fingerprint density at radius 1 is 1.40 bits per heavy atom. The number of aryl methyl sites for hydroxylation is 3. The molecule has 0 aliphatic rings. The number of carbonyl (C=O) groups is 1. The van der Waals surface area contributed by atoms with E-state index in [1.807, 2.05) is 13.0 Å². The van der Waals surface area contributed by atoms with Gasteiger partial charge in [0.25, 0.3) is 11.5 Å². The van der Waals surface area contributed by atoms with E-state index in [9.17, 15) is 9.59 Å². The zero-order valence-corrected chi connectivity index (χ0v) is 16.6. The fraction of sp³-hybridized carbons (Fsp3) is 0.375. The Labute approximate surface area is 156 Å². The molecule has 7 nitrogen and oxygen atoms in total. The van der Waals surface area contributed by atoms with Crippen LogP contribution in [-0.2, 0) is 13.0 Å². The molecule has 0 saturated heterocycles. The molecule has 0 atom stereocenters. The third-order valence-corrected chi connectivity index (χ3v) is 5.47. The molecule has 0 saturated carbocycles. The van der Waals surface area contributed by atoms with Crippen LogP contribution in [0.4, 0.5) is 0 Å². The van der Waals surface area contributed by atoms with Crippen LogP contribution in [0.15, 0.2) is 21.5 Å². The van der Waals surface area contributed by atoms with E-state index in [0.29, 0.717) is 32.8 Å². The molecular weight excluding hydrogens is 406 g/mol. The van der Waals surface area contributed by atoms with Crippen molar-refractivity contribution in [1.82, 2.24) is 19.4 Å². The van der Waals surface area contributed by atoms with Gasteiger partial charge in [-0.2, -0.15) is 5.10 Å². The molecule has 0 radical (unpaired) electrons. The molecule has 9 heteroatoms. The summed E-state index contributed by atoms with van der Waals surface area (Å²) in [6, 6.07) is 1.87. The number of amides is 1. The fourth-order valence-corrected chi connectivity index (χ4v) is 4.26. The van der Waals surface area contributed by atoms with Crippen LogP contribution in [0.2, 0.25) is 0 Å². The van der Waals surface area contributed by atoms with Crippen LogP contribution < -0.4 is 11.0 Å². The van der Waals surface area contributed by atoms with Gasteiger partial charge >= 0.3 is 0 Å². The van der Waals surface area contributed by atoms with Gasteiger partial charge in [-0.1, -0.05) is 13.3 Å². The van der Waals surface area contributed by atoms with Crippen molar-refractivity contribution in [3.05, 3.63) is 43.5 Å². The summed E-state index contributed by atoms with van der Waals surface area (Å²) in [6.07, 6.45) is 3.48. The third-order valence-electron chi connectivity index (χ3n) is 3.80. The van der Waals surface area contributed by atoms with Gasteiger partial charge in [-0.05, 0) is 42.3 Å². The number of hydrogen-bond donors (Lipinski definition) is 1. The average molecular weight is 424 g/mol. The second-order valence-corrected chi connectivity index (χ2v) is 7.55. The Hall–Kier alpha value is -2.00. The quantitative estimate of drug-likeness (QED) is 0.683. The Bertz CT molecular complexity index is 1000. The van der Waals surface area contributed by atoms with Crippen molar-refractivity contribution in [3.63, 3.8) is 0 Å². The predicted molar refractivity (Wildman–Crippen MR) is 102 cm³/mol. The van der Waals surface area contributed by atoms with Crippen LogP contribution in [0, 0.1) is 6.92 Å². The van der Waals surface area contributed by atoms with Crippen molar-refractivity contribution in [3.8, 4) is 0 Å². The molecule has 0 aromatic carbocycles. The number of rotatable bonds is 5. The standard InChI is InChI=1S/C16H18BrN5O2S/c1-4-6-10-7-11-15(25-10)19-9(3)22(16(11)24)20-14(23)13-12(17)8-18-21(13)5-2/h7-8H,4-6H2,1-3H3,(H,20,23). The van der Waals surface area contributed by atoms with E-state index in [2.05, 4.69) is 38.4 Å². The van der Waals surface area contributed by atoms with E-state index in [4.69, 9.17) is 0 Å². The molecule has 0 unspecified atom stereocenters. The van der Waals surface area contributed by atoms with Gasteiger partial charge in [0.05, 0.1) is 16.1 Å². The van der Waals surface area contributed by atoms with Gasteiger partial charge in [0.2, 0.25) is 0 Å². The largest absolute Gasteiger partial charge is 0.289 e. The SMILES string of the molecule is CCCc1cc2c(=O)n(NC(=O)c3c(Br)cnn3CC)c(C)nc2s1. The maximum atomic E-state index is 12.8. The van der Waals surface area contributed by atoms with Crippen molar-refractivity contribution in [2.45, 2.75) is 40.2 Å². The van der Waals surface area contributed by atoms with Crippen molar-refractivity contribution in [2.75, 3.05) is 5.43 Å². The molecular formula is C16H18BrN5O2S. The average Bonchev–Trinajstić information content (AvgIpc) is 3.14. The van der Waals surface area contributed by atoms with E-state index < -0.39 is 5.91 Å². The summed E-state index contributed by atoms with van der Waals surface area (Å²) >= 11 is 4.85. The van der Waals surface area contributed by atoms with Crippen molar-refractivity contribution in [2.24, 2.45) is 0 Å². The highest BCUT2D eigenvalue weighted by atomic mass is 79.9. The normalized spacial score (nSPS) is 11.2. The minimum absolute atomic E-state index is 0.270. The molecule has 3 aromatic rings. The first-order chi connectivity index (χ1) is 12.0. The number of hydrogen-bond acceptors (Lipinski definition) is 5. The first-order valence-electron chi connectivity index (χ1n) is 8.01. The molecule has 3 heterocycles. The number of nitrogens with zero attached hydrogens (tertiary/aromatic N) is 4. The lowest BCUT2D eigenvalue weighted by Gasteiger charge is -2.11. The zero-order valence-electron chi connectivity index (χ0n) is 14.2. The minimum atomic E-state index is -0.415. The van der Waals surface area contributed by atoms with Gasteiger partial charge in [0.1, 0.15) is 16.3 Å². The number of aromatic nitrogens is 4. The number of fused-ring (bicyclic) bond motifs is 1. The van der Waals surface area contributed by atoms with Crippen LogP contribution >= 0.6 is 27.3 Å². The minimum Gasteiger partial charge on any atom is -0.267 e. The van der Waals surface area contributed by atoms with E-state index in [1.165, 1.54) is 16.0 Å². The Balaban J connectivity index is 2.02. The molecule has 0 bridgehead atoms. The molecule has 3 aromatic heterocycles. The third kappa shape index (κ3) is 3.25. The molecule has 3 rings (SSSR count). The molecule has 1 N–H and O–H groups in total. The summed E-state index contributed by atoms with van der Waals surface area (Å²) in [4.78, 5) is 31.7. The van der Waals surface area contributed by atoms with Crippen LogP contribution in [0.5, 0.6) is 0 Å². The molecule has 25 heavy (non-hydrogen) atoms. The van der Waals surface area contributed by atoms with Crippen LogP contribution in [0.3, 0.4) is 0 Å². The first-order valence-corrected chi connectivity index (χ1v) is 9.61. The van der Waals surface area contributed by atoms with Gasteiger partial charge in [-0.3, -0.25) is 19.7 Å². The smallest absolute Gasteiger partial charge is 0.267 e. The highest BCUT2D eigenvalue weighted by Gasteiger charge is 2.19. The van der Waals surface area contributed by atoms with Gasteiger partial charge in [0, 0.05) is 11.4 Å². The monoisotopic (exact) mass is 423 g/mol. The van der Waals surface area contributed by atoms with Crippen molar-refractivity contribution < 1.29 is 4.79 Å². The Kier molecular flexibility index (Phi) is 5.05. The predicted octanol–water partition coefficient (Wildman–Crippen LogP) is 3.08. The Morgan fingerprint density at radius 3 is 2.84 bits per heavy atom. The number of carbonyl (C=O) groups excluding carboxylic acids is 1. The van der Waals surface area contributed by atoms with Gasteiger partial charge in [-0.25, -0.2) is 9.66 Å². The van der Waals surface area contributed by atoms with E-state index in [1.54, 1.807) is 17.8 Å². The summed E-state index contributed by atoms with van der Waals surface area (Å²) in [6.45, 7) is 6.23. The topological polar surface area (TPSA) is 81.8 Å². The lowest BCUT2D eigenvalue weighted by atomic mass is 10.2. The highest BCUT2D eigenvalue weighted by Crippen LogP contribution is 2.23. The maximum absolute atomic E-state index is 12.8. The highest BCUT2D eigenvalue weighted by molar-refractivity contribution is 9.10. The summed E-state index contributed by atoms with van der Waals surface area (Å²) in [7, 11) is 0. The molecule has 1 amide bonds. The second-order valence-electron chi connectivity index (χ2n) is 5.58. The van der Waals surface area contributed by atoms with Crippen molar-refractivity contribution in [1.29, 1.82) is 0 Å². The van der Waals surface area contributed by atoms with Crippen molar-refractivity contribution >= 4 is 43.4 Å². The van der Waals surface area contributed by atoms with Gasteiger partial charge < -0.3 is 0 Å². The van der Waals surface area contributed by atoms with Crippen LogP contribution in [-0.4, -0.2) is 25.3 Å². The summed E-state index contributed by atoms with van der Waals surface area (Å²) in [5.74, 6) is 0.0241. The molecule has 0 aliphatic carbocycles. The lowest BCUT2D eigenvalue weighted by Crippen LogP contribution is -2.36. The summed E-state index contributed by atoms with van der Waals surface area (Å²) < 4.78 is 3.34. The van der Waals surface area contributed by atoms with E-state index >= 15 is 0 Å². The molecule has 0 fully saturated rings. The fourth-order valence-electron chi connectivity index (χ4n) is 2.62. The molecule has 132 valence electrons. The first kappa shape index (κ1) is 17.8. The van der Waals surface area contributed by atoms with Gasteiger partial charge in [0.15, 0.2) is 0 Å². The molecule has 0 spiro atoms. The lowest BCUT2D eigenvalue weighted by molar-refractivity contribution is 0.0995. The number of nitrogens with one attached hydrogen (secondary N) is 1. The summed E-state index contributed by atoms with van der Waals surface area (Å²) in [5, 5.41) is 4.65. The summed E-state index contributed by atoms with van der Waals surface area (Å²) in [5.41, 5.74) is 2.74. The number of thiophene rings is 1. The number of halogens is 1. The van der Waals surface area contributed by atoms with E-state index in [0.717, 1.165) is 17.7 Å². The van der Waals surface area contributed by atoms with Crippen LogP contribution in [0.1, 0.15) is 41.5 Å². The zero-order chi connectivity index (χ0) is 18.1. The van der Waals surface area contributed by atoms with Gasteiger partial charge in [-0.15, -0.1) is 11.3 Å². The second kappa shape index (κ2) is 7.09. The molecule has 0 aliphatic heterocycles. The Morgan fingerprint density at radius 2 is 2.16 bits per heavy atom.